The lowest BCUT2D eigenvalue weighted by atomic mass is 9.88. The number of amides is 1. The number of nitrogens with one attached hydrogen (secondary N) is 1. The fourth-order valence-corrected chi connectivity index (χ4v) is 3.86. The van der Waals surface area contributed by atoms with Gasteiger partial charge in [0.15, 0.2) is 0 Å². The lowest BCUT2D eigenvalue weighted by molar-refractivity contribution is -0.116. The van der Waals surface area contributed by atoms with Crippen molar-refractivity contribution in [3.63, 3.8) is 0 Å². The zero-order chi connectivity index (χ0) is 18.6. The topological polar surface area (TPSA) is 72.9 Å². The second-order valence-corrected chi connectivity index (χ2v) is 7.01. The molecule has 4 rings (SSSR count). The van der Waals surface area contributed by atoms with E-state index in [0.717, 1.165) is 36.3 Å². The molecule has 5 nitrogen and oxygen atoms in total. The average Bonchev–Trinajstić information content (AvgIpc) is 3.14. The lowest BCUT2D eigenvalue weighted by Crippen LogP contribution is -2.22. The summed E-state index contributed by atoms with van der Waals surface area (Å²) in [5.41, 5.74) is 10.4. The van der Waals surface area contributed by atoms with Crippen LogP contribution in [0.15, 0.2) is 60.8 Å². The molecule has 7 heteroatoms. The van der Waals surface area contributed by atoms with Crippen LogP contribution in [0.3, 0.4) is 0 Å². The van der Waals surface area contributed by atoms with Crippen molar-refractivity contribution in [3.8, 4) is 0 Å². The third-order valence-electron chi connectivity index (χ3n) is 5.25. The first-order chi connectivity index (χ1) is 13.2. The Morgan fingerprint density at radius 2 is 1.86 bits per heavy atom. The summed E-state index contributed by atoms with van der Waals surface area (Å²) >= 11 is 0. The molecule has 29 heavy (non-hydrogen) atoms. The van der Waals surface area contributed by atoms with E-state index in [2.05, 4.69) is 34.7 Å². The average molecular weight is 433 g/mol. The molecule has 1 amide bonds. The van der Waals surface area contributed by atoms with Crippen molar-refractivity contribution in [1.82, 2.24) is 9.78 Å². The van der Waals surface area contributed by atoms with Crippen LogP contribution in [0.1, 0.15) is 42.0 Å². The van der Waals surface area contributed by atoms with Crippen LogP contribution in [0.4, 0.5) is 11.5 Å². The van der Waals surface area contributed by atoms with E-state index in [-0.39, 0.29) is 36.8 Å². The number of carbonyl (C=O) groups excluding carboxylic acids is 1. The van der Waals surface area contributed by atoms with E-state index >= 15 is 0 Å². The number of rotatable bonds is 5. The highest BCUT2D eigenvalue weighted by Crippen LogP contribution is 2.34. The zero-order valence-corrected chi connectivity index (χ0v) is 17.7. The van der Waals surface area contributed by atoms with E-state index in [1.54, 1.807) is 6.20 Å². The minimum absolute atomic E-state index is 0. The highest BCUT2D eigenvalue weighted by molar-refractivity contribution is 5.90. The van der Waals surface area contributed by atoms with Gasteiger partial charge in [0.2, 0.25) is 5.91 Å². The Kier molecular flexibility index (Phi) is 8.11. The summed E-state index contributed by atoms with van der Waals surface area (Å²) in [4.78, 5) is 12.5. The van der Waals surface area contributed by atoms with Crippen molar-refractivity contribution in [1.29, 1.82) is 0 Å². The normalized spacial score (nSPS) is 14.8. The lowest BCUT2D eigenvalue weighted by Gasteiger charge is -2.27. The van der Waals surface area contributed by atoms with Crippen LogP contribution in [0, 0.1) is 0 Å². The summed E-state index contributed by atoms with van der Waals surface area (Å²) in [5, 5.41) is 7.54. The van der Waals surface area contributed by atoms with E-state index in [9.17, 15) is 4.79 Å². The summed E-state index contributed by atoms with van der Waals surface area (Å²) in [5.74, 6) is 0.729. The molecule has 0 fully saturated rings. The van der Waals surface area contributed by atoms with Crippen LogP contribution < -0.4 is 11.1 Å². The maximum absolute atomic E-state index is 12.5. The first kappa shape index (κ1) is 22.8. The van der Waals surface area contributed by atoms with Crippen molar-refractivity contribution < 1.29 is 4.79 Å². The molecule has 0 bridgehead atoms. The van der Waals surface area contributed by atoms with Gasteiger partial charge in [-0.15, -0.1) is 24.8 Å². The highest BCUT2D eigenvalue weighted by atomic mass is 35.5. The molecule has 1 unspecified atom stereocenters. The maximum atomic E-state index is 12.5. The van der Waals surface area contributed by atoms with Crippen molar-refractivity contribution in [2.75, 3.05) is 11.1 Å². The van der Waals surface area contributed by atoms with Crippen molar-refractivity contribution in [2.45, 2.75) is 38.1 Å². The van der Waals surface area contributed by atoms with E-state index < -0.39 is 0 Å². The largest absolute Gasteiger partial charge is 0.399 e. The van der Waals surface area contributed by atoms with Gasteiger partial charge in [0.05, 0.1) is 12.2 Å². The fraction of sp³-hybridized carbons (Fsp3) is 0.273. The molecule has 0 spiro atoms. The van der Waals surface area contributed by atoms with Gasteiger partial charge in [-0.25, -0.2) is 4.68 Å². The van der Waals surface area contributed by atoms with Crippen LogP contribution in [0.25, 0.3) is 0 Å². The smallest absolute Gasteiger partial charge is 0.225 e. The van der Waals surface area contributed by atoms with Crippen LogP contribution in [-0.2, 0) is 17.6 Å². The van der Waals surface area contributed by atoms with Crippen LogP contribution in [0.2, 0.25) is 0 Å². The van der Waals surface area contributed by atoms with Gasteiger partial charge in [0, 0.05) is 18.2 Å². The first-order valence-corrected chi connectivity index (χ1v) is 9.47. The Morgan fingerprint density at radius 1 is 1.10 bits per heavy atom. The van der Waals surface area contributed by atoms with Crippen LogP contribution in [-0.4, -0.2) is 15.7 Å². The molecule has 0 aliphatic heterocycles. The molecule has 1 aliphatic carbocycles. The minimum Gasteiger partial charge on any atom is -0.399 e. The number of nitrogens with zero attached hydrogens (tertiary/aromatic N) is 2. The van der Waals surface area contributed by atoms with Gasteiger partial charge in [-0.05, 0) is 48.4 Å². The third kappa shape index (κ3) is 5.11. The SMILES string of the molecule is Cl.Cl.Nc1ccccc1CCC(=O)Nc1ccnn1C1CCCc2ccccc21. The van der Waals surface area contributed by atoms with E-state index in [1.165, 1.54) is 11.1 Å². The van der Waals surface area contributed by atoms with E-state index in [4.69, 9.17) is 5.73 Å². The standard InChI is InChI=1S/C22H24N4O.2ClH/c23-19-10-4-2-7-17(19)12-13-22(27)25-21-14-15-24-26(21)20-11-5-8-16-6-1-3-9-18(16)20;;/h1-4,6-7,9-10,14-15,20H,5,8,11-13,23H2,(H,25,27);2*1H. The van der Waals surface area contributed by atoms with Gasteiger partial charge in [0.1, 0.15) is 5.82 Å². The highest BCUT2D eigenvalue weighted by Gasteiger charge is 2.24. The van der Waals surface area contributed by atoms with Crippen molar-refractivity contribution in [2.24, 2.45) is 0 Å². The van der Waals surface area contributed by atoms with Crippen LogP contribution in [0.5, 0.6) is 0 Å². The molecule has 2 aromatic carbocycles. The number of benzene rings is 2. The number of nitrogen functional groups attached to an aromatic ring is 1. The molecule has 3 aromatic rings. The monoisotopic (exact) mass is 432 g/mol. The first-order valence-electron chi connectivity index (χ1n) is 9.47. The van der Waals surface area contributed by atoms with E-state index in [0.29, 0.717) is 12.8 Å². The van der Waals surface area contributed by atoms with Gasteiger partial charge in [-0.3, -0.25) is 4.79 Å². The third-order valence-corrected chi connectivity index (χ3v) is 5.25. The molecule has 0 saturated heterocycles. The zero-order valence-electron chi connectivity index (χ0n) is 16.1. The number of carbonyl (C=O) groups is 1. The molecule has 1 aromatic heterocycles. The van der Waals surface area contributed by atoms with Crippen molar-refractivity contribution >= 4 is 42.2 Å². The summed E-state index contributed by atoms with van der Waals surface area (Å²) in [6, 6.07) is 18.2. The number of hydrogen-bond donors (Lipinski definition) is 2. The fourth-order valence-electron chi connectivity index (χ4n) is 3.86. The molecule has 3 N–H and O–H groups in total. The number of halogens is 2. The molecule has 0 saturated carbocycles. The number of para-hydroxylation sites is 1. The number of nitrogens with two attached hydrogens (primary N) is 1. The predicted molar refractivity (Wildman–Crippen MR) is 122 cm³/mol. The number of hydrogen-bond acceptors (Lipinski definition) is 3. The molecule has 0 radical (unpaired) electrons. The number of aromatic nitrogens is 2. The summed E-state index contributed by atoms with van der Waals surface area (Å²) < 4.78 is 1.95. The quantitative estimate of drug-likeness (QED) is 0.568. The second kappa shape index (κ2) is 10.3. The summed E-state index contributed by atoms with van der Waals surface area (Å²) in [7, 11) is 0. The molecule has 154 valence electrons. The number of fused-ring (bicyclic) bond motifs is 1. The van der Waals surface area contributed by atoms with Crippen LogP contribution >= 0.6 is 24.8 Å². The second-order valence-electron chi connectivity index (χ2n) is 7.01. The Balaban J connectivity index is 0.00000150. The number of aryl methyl sites for hydroxylation is 2. The minimum atomic E-state index is -0.0240. The molecular formula is C22H26Cl2N4O. The molecule has 1 aliphatic rings. The Hall–Kier alpha value is -2.50. The van der Waals surface area contributed by atoms with E-state index in [1.807, 2.05) is 35.0 Å². The van der Waals surface area contributed by atoms with Gasteiger partial charge in [0.25, 0.3) is 0 Å². The summed E-state index contributed by atoms with van der Waals surface area (Å²) in [6.45, 7) is 0. The number of anilines is 2. The Labute approximate surface area is 183 Å². The Bertz CT molecular complexity index is 957. The van der Waals surface area contributed by atoms with Gasteiger partial charge in [-0.1, -0.05) is 42.5 Å². The molecule has 1 heterocycles. The van der Waals surface area contributed by atoms with Gasteiger partial charge < -0.3 is 11.1 Å². The van der Waals surface area contributed by atoms with Gasteiger partial charge in [-0.2, -0.15) is 5.10 Å². The van der Waals surface area contributed by atoms with Crippen molar-refractivity contribution in [3.05, 3.63) is 77.5 Å². The predicted octanol–water partition coefficient (Wildman–Crippen LogP) is 4.81. The Morgan fingerprint density at radius 3 is 2.69 bits per heavy atom. The molecular weight excluding hydrogens is 407 g/mol. The van der Waals surface area contributed by atoms with Gasteiger partial charge >= 0.3 is 0 Å². The molecule has 1 atom stereocenters. The summed E-state index contributed by atoms with van der Waals surface area (Å²) in [6.07, 6.45) is 6.03. The maximum Gasteiger partial charge on any atom is 0.225 e.